The molecular formula is C30H29ClN6O2. The lowest BCUT2D eigenvalue weighted by atomic mass is 9.85. The van der Waals surface area contributed by atoms with Crippen LogP contribution in [0.15, 0.2) is 65.8 Å². The quantitative estimate of drug-likeness (QED) is 0.322. The standard InChI is InChI=1S/C30H29ClN6O2/c1-18-5-10-26-21(12-18)13-24(16-34-26)37-28-27(4-3-11-32-28)36(30(37)39)17-20-6-8-23(9-7-20)35-29(38)25-14-22(31)15-33-19(25)2/h3-5,10-16,20,23H,6-9,17H2,1-2H3,(H,35,38). The third kappa shape index (κ3) is 4.92. The van der Waals surface area contributed by atoms with Gasteiger partial charge in [0.2, 0.25) is 0 Å². The lowest BCUT2D eigenvalue weighted by Gasteiger charge is -2.29. The van der Waals surface area contributed by atoms with Crippen molar-refractivity contribution < 1.29 is 4.79 Å². The maximum atomic E-state index is 13.8. The molecule has 1 aromatic carbocycles. The third-order valence-electron chi connectivity index (χ3n) is 7.69. The molecule has 0 spiro atoms. The zero-order valence-corrected chi connectivity index (χ0v) is 22.7. The van der Waals surface area contributed by atoms with Crippen molar-refractivity contribution in [3.63, 3.8) is 0 Å². The van der Waals surface area contributed by atoms with Crippen molar-refractivity contribution in [1.29, 1.82) is 0 Å². The van der Waals surface area contributed by atoms with Gasteiger partial charge in [0.25, 0.3) is 5.91 Å². The first-order valence-electron chi connectivity index (χ1n) is 13.2. The molecule has 198 valence electrons. The zero-order valence-electron chi connectivity index (χ0n) is 21.9. The monoisotopic (exact) mass is 540 g/mol. The van der Waals surface area contributed by atoms with E-state index in [2.05, 4.69) is 26.3 Å². The minimum absolute atomic E-state index is 0.0824. The molecule has 0 saturated heterocycles. The highest BCUT2D eigenvalue weighted by Gasteiger charge is 2.26. The Morgan fingerprint density at radius 3 is 2.67 bits per heavy atom. The average Bonchev–Trinajstić information content (AvgIpc) is 3.21. The van der Waals surface area contributed by atoms with Gasteiger partial charge in [-0.15, -0.1) is 0 Å². The number of amides is 1. The van der Waals surface area contributed by atoms with Gasteiger partial charge in [-0.25, -0.2) is 14.3 Å². The van der Waals surface area contributed by atoms with Gasteiger partial charge in [-0.2, -0.15) is 0 Å². The van der Waals surface area contributed by atoms with Crippen LogP contribution in [0.25, 0.3) is 27.8 Å². The molecule has 1 N–H and O–H groups in total. The number of nitrogens with one attached hydrogen (secondary N) is 1. The second-order valence-electron chi connectivity index (χ2n) is 10.4. The van der Waals surface area contributed by atoms with Crippen LogP contribution in [-0.2, 0) is 6.54 Å². The molecule has 1 aliphatic carbocycles. The number of carbonyl (C=O) groups excluding carboxylic acids is 1. The summed E-state index contributed by atoms with van der Waals surface area (Å²) >= 11 is 6.05. The fraction of sp³-hybridized carbons (Fsp3) is 0.300. The first-order chi connectivity index (χ1) is 18.9. The normalized spacial score (nSPS) is 17.5. The molecular weight excluding hydrogens is 512 g/mol. The molecule has 0 aliphatic heterocycles. The third-order valence-corrected chi connectivity index (χ3v) is 7.90. The van der Waals surface area contributed by atoms with E-state index < -0.39 is 0 Å². The summed E-state index contributed by atoms with van der Waals surface area (Å²) in [6.45, 7) is 4.45. The Morgan fingerprint density at radius 2 is 1.85 bits per heavy atom. The number of hydrogen-bond donors (Lipinski definition) is 1. The molecule has 1 aliphatic rings. The summed E-state index contributed by atoms with van der Waals surface area (Å²) in [5, 5.41) is 4.58. The number of aromatic nitrogens is 5. The Kier molecular flexibility index (Phi) is 6.64. The number of nitrogens with zero attached hydrogens (tertiary/aromatic N) is 5. The summed E-state index contributed by atoms with van der Waals surface area (Å²) in [4.78, 5) is 39.9. The number of aryl methyl sites for hydroxylation is 2. The Morgan fingerprint density at radius 1 is 1.03 bits per heavy atom. The van der Waals surface area contributed by atoms with Gasteiger partial charge in [-0.1, -0.05) is 23.2 Å². The van der Waals surface area contributed by atoms with Gasteiger partial charge in [-0.05, 0) is 81.8 Å². The molecule has 0 radical (unpaired) electrons. The number of fused-ring (bicyclic) bond motifs is 2. The molecule has 0 unspecified atom stereocenters. The van der Waals surface area contributed by atoms with Gasteiger partial charge in [0.05, 0.1) is 39.2 Å². The van der Waals surface area contributed by atoms with Crippen LogP contribution in [0.3, 0.4) is 0 Å². The number of pyridine rings is 3. The van der Waals surface area contributed by atoms with Crippen molar-refractivity contribution in [3.05, 3.63) is 93.4 Å². The molecule has 1 amide bonds. The predicted octanol–water partition coefficient (Wildman–Crippen LogP) is 5.39. The van der Waals surface area contributed by atoms with E-state index in [0.29, 0.717) is 40.1 Å². The first kappa shape index (κ1) is 25.2. The molecule has 5 aromatic rings. The molecule has 0 atom stereocenters. The fourth-order valence-electron chi connectivity index (χ4n) is 5.60. The number of rotatable bonds is 5. The lowest BCUT2D eigenvalue weighted by Crippen LogP contribution is -2.39. The molecule has 8 nitrogen and oxygen atoms in total. The summed E-state index contributed by atoms with van der Waals surface area (Å²) in [7, 11) is 0. The lowest BCUT2D eigenvalue weighted by molar-refractivity contribution is 0.0919. The van der Waals surface area contributed by atoms with Crippen LogP contribution >= 0.6 is 11.6 Å². The average molecular weight is 541 g/mol. The molecule has 1 fully saturated rings. The van der Waals surface area contributed by atoms with Crippen molar-refractivity contribution in [1.82, 2.24) is 29.4 Å². The highest BCUT2D eigenvalue weighted by atomic mass is 35.5. The van der Waals surface area contributed by atoms with E-state index in [1.807, 2.05) is 41.8 Å². The minimum atomic E-state index is -0.143. The van der Waals surface area contributed by atoms with Gasteiger partial charge >= 0.3 is 5.69 Å². The zero-order chi connectivity index (χ0) is 27.1. The van der Waals surface area contributed by atoms with Crippen molar-refractivity contribution >= 4 is 39.6 Å². The molecule has 9 heteroatoms. The summed E-state index contributed by atoms with van der Waals surface area (Å²) in [5.74, 6) is 0.178. The van der Waals surface area contributed by atoms with Gasteiger partial charge in [0, 0.05) is 30.4 Å². The molecule has 4 aromatic heterocycles. The van der Waals surface area contributed by atoms with E-state index in [0.717, 1.165) is 47.7 Å². The predicted molar refractivity (Wildman–Crippen MR) is 153 cm³/mol. The smallest absolute Gasteiger partial charge is 0.335 e. The Bertz CT molecular complexity index is 1770. The first-order valence-corrected chi connectivity index (χ1v) is 13.6. The second kappa shape index (κ2) is 10.3. The van der Waals surface area contributed by atoms with Crippen LogP contribution in [0.5, 0.6) is 0 Å². The van der Waals surface area contributed by atoms with Crippen LogP contribution in [0, 0.1) is 19.8 Å². The number of hydrogen-bond acceptors (Lipinski definition) is 5. The van der Waals surface area contributed by atoms with Crippen LogP contribution in [0.4, 0.5) is 0 Å². The second-order valence-corrected chi connectivity index (χ2v) is 10.9. The van der Waals surface area contributed by atoms with Gasteiger partial charge in [0.1, 0.15) is 0 Å². The maximum Gasteiger partial charge on any atom is 0.335 e. The fourth-order valence-corrected chi connectivity index (χ4v) is 5.76. The molecule has 0 bridgehead atoms. The summed E-state index contributed by atoms with van der Waals surface area (Å²) in [6, 6.07) is 13.7. The minimum Gasteiger partial charge on any atom is -0.349 e. The van der Waals surface area contributed by atoms with E-state index in [9.17, 15) is 9.59 Å². The Hall–Kier alpha value is -4.04. The van der Waals surface area contributed by atoms with Crippen LogP contribution in [0.2, 0.25) is 5.02 Å². The van der Waals surface area contributed by atoms with Gasteiger partial charge < -0.3 is 5.32 Å². The van der Waals surface area contributed by atoms with E-state index in [1.54, 1.807) is 36.1 Å². The molecule has 4 heterocycles. The molecule has 1 saturated carbocycles. The summed E-state index contributed by atoms with van der Waals surface area (Å²) < 4.78 is 3.50. The number of benzene rings is 1. The number of carbonyl (C=O) groups is 1. The van der Waals surface area contributed by atoms with Crippen LogP contribution in [0.1, 0.15) is 47.3 Å². The summed E-state index contributed by atoms with van der Waals surface area (Å²) in [6.07, 6.45) is 8.52. The van der Waals surface area contributed by atoms with Gasteiger partial charge in [0.15, 0.2) is 5.65 Å². The van der Waals surface area contributed by atoms with E-state index in [4.69, 9.17) is 11.6 Å². The van der Waals surface area contributed by atoms with E-state index >= 15 is 0 Å². The van der Waals surface area contributed by atoms with Crippen molar-refractivity contribution in [3.8, 4) is 5.69 Å². The Labute approximate surface area is 230 Å². The van der Waals surface area contributed by atoms with Crippen molar-refractivity contribution in [2.24, 2.45) is 5.92 Å². The van der Waals surface area contributed by atoms with Gasteiger partial charge in [-0.3, -0.25) is 19.3 Å². The van der Waals surface area contributed by atoms with Crippen LogP contribution in [-0.4, -0.2) is 36.0 Å². The van der Waals surface area contributed by atoms with Crippen LogP contribution < -0.4 is 11.0 Å². The SMILES string of the molecule is Cc1ccc2ncc(-n3c(=O)n(CC4CCC(NC(=O)c5cc(Cl)cnc5C)CC4)c4cccnc43)cc2c1. The number of halogens is 1. The number of imidazole rings is 1. The topological polar surface area (TPSA) is 94.7 Å². The van der Waals surface area contributed by atoms with E-state index in [1.165, 1.54) is 0 Å². The highest BCUT2D eigenvalue weighted by Crippen LogP contribution is 2.28. The van der Waals surface area contributed by atoms with E-state index in [-0.39, 0.29) is 17.6 Å². The largest absolute Gasteiger partial charge is 0.349 e. The van der Waals surface area contributed by atoms with Crippen molar-refractivity contribution in [2.45, 2.75) is 52.1 Å². The molecule has 39 heavy (non-hydrogen) atoms. The Balaban J connectivity index is 1.21. The summed E-state index contributed by atoms with van der Waals surface area (Å²) in [5.41, 5.74) is 5.23. The highest BCUT2D eigenvalue weighted by molar-refractivity contribution is 6.30. The van der Waals surface area contributed by atoms with Crippen molar-refractivity contribution in [2.75, 3.05) is 0 Å². The molecule has 6 rings (SSSR count). The maximum absolute atomic E-state index is 13.8.